The van der Waals surface area contributed by atoms with E-state index in [1.807, 2.05) is 44.2 Å². The highest BCUT2D eigenvalue weighted by Crippen LogP contribution is 2.11. The van der Waals surface area contributed by atoms with Crippen molar-refractivity contribution in [3.63, 3.8) is 0 Å². The molecule has 0 saturated heterocycles. The van der Waals surface area contributed by atoms with Crippen LogP contribution < -0.4 is 0 Å². The van der Waals surface area contributed by atoms with Gasteiger partial charge in [-0.25, -0.2) is 0 Å². The number of esters is 1. The van der Waals surface area contributed by atoms with Gasteiger partial charge < -0.3 is 4.74 Å². The smallest absolute Gasteiger partial charge is 0.315 e. The Balaban J connectivity index is 2.24. The molecule has 0 aliphatic rings. The van der Waals surface area contributed by atoms with E-state index in [1.165, 1.54) is 5.57 Å². The van der Waals surface area contributed by atoms with E-state index in [0.29, 0.717) is 6.42 Å². The van der Waals surface area contributed by atoms with Crippen LogP contribution in [0.15, 0.2) is 54.3 Å². The molecule has 0 N–H and O–H groups in total. The van der Waals surface area contributed by atoms with Gasteiger partial charge in [0.1, 0.15) is 0 Å². The molecule has 2 heteroatoms. The molecule has 108 valence electrons. The number of ether oxygens (including phenoxy) is 1. The van der Waals surface area contributed by atoms with Crippen molar-refractivity contribution in [1.29, 1.82) is 0 Å². The number of benzene rings is 1. The van der Waals surface area contributed by atoms with E-state index in [4.69, 9.17) is 4.74 Å². The molecule has 0 spiro atoms. The van der Waals surface area contributed by atoms with Gasteiger partial charge in [0.25, 0.3) is 0 Å². The summed E-state index contributed by atoms with van der Waals surface area (Å²) in [5.41, 5.74) is 3.30. The topological polar surface area (TPSA) is 26.3 Å². The number of carbonyl (C=O) groups excluding carboxylic acids is 1. The second-order valence-corrected chi connectivity index (χ2v) is 5.28. The largest absolute Gasteiger partial charge is 0.434 e. The van der Waals surface area contributed by atoms with Crippen LogP contribution in [0.4, 0.5) is 0 Å². The summed E-state index contributed by atoms with van der Waals surface area (Å²) in [5.74, 6) is -0.211. The molecule has 0 bridgehead atoms. The van der Waals surface area contributed by atoms with Gasteiger partial charge in [0.05, 0.1) is 12.7 Å². The van der Waals surface area contributed by atoms with Gasteiger partial charge in [0.2, 0.25) is 0 Å². The van der Waals surface area contributed by atoms with Gasteiger partial charge in [-0.1, -0.05) is 35.9 Å². The Morgan fingerprint density at radius 2 is 1.80 bits per heavy atom. The van der Waals surface area contributed by atoms with Gasteiger partial charge in [-0.3, -0.25) is 4.79 Å². The van der Waals surface area contributed by atoms with Crippen molar-refractivity contribution in [2.45, 2.75) is 46.0 Å². The molecule has 0 atom stereocenters. The molecule has 0 amide bonds. The molecule has 0 radical (unpaired) electrons. The predicted molar refractivity (Wildman–Crippen MR) is 83.3 cm³/mol. The van der Waals surface area contributed by atoms with E-state index in [0.717, 1.165) is 36.8 Å². The zero-order chi connectivity index (χ0) is 14.8. The van der Waals surface area contributed by atoms with Gasteiger partial charge in [0.15, 0.2) is 0 Å². The van der Waals surface area contributed by atoms with Crippen molar-refractivity contribution in [2.75, 3.05) is 0 Å². The van der Waals surface area contributed by atoms with Gasteiger partial charge >= 0.3 is 5.97 Å². The first kappa shape index (κ1) is 16.2. The second-order valence-electron chi connectivity index (χ2n) is 5.28. The van der Waals surface area contributed by atoms with Crippen LogP contribution in [0, 0.1) is 0 Å². The molecule has 0 fully saturated rings. The van der Waals surface area contributed by atoms with Crippen molar-refractivity contribution < 1.29 is 9.53 Å². The van der Waals surface area contributed by atoms with Crippen LogP contribution in [-0.4, -0.2) is 5.97 Å². The van der Waals surface area contributed by atoms with E-state index in [1.54, 1.807) is 6.26 Å². The minimum absolute atomic E-state index is 0.211. The van der Waals surface area contributed by atoms with Crippen molar-refractivity contribution in [1.82, 2.24) is 0 Å². The molecule has 0 saturated carbocycles. The third-order valence-corrected chi connectivity index (χ3v) is 3.01. The standard InChI is InChI=1S/C18H24O2/c1-15(2)9-7-8-10-16(3)14-20-18(19)13-17-11-5-4-6-12-17/h4-6,11-12,14H,1,7-10,13H2,2-3H3/b16-14+. The summed E-state index contributed by atoms with van der Waals surface area (Å²) in [7, 11) is 0. The van der Waals surface area contributed by atoms with E-state index in [2.05, 4.69) is 6.58 Å². The average Bonchev–Trinajstić information content (AvgIpc) is 2.42. The fourth-order valence-electron chi connectivity index (χ4n) is 1.86. The van der Waals surface area contributed by atoms with Crippen molar-refractivity contribution in [2.24, 2.45) is 0 Å². The highest BCUT2D eigenvalue weighted by molar-refractivity contribution is 5.73. The first-order valence-corrected chi connectivity index (χ1v) is 7.11. The average molecular weight is 272 g/mol. The number of allylic oxidation sites excluding steroid dienone is 2. The summed E-state index contributed by atoms with van der Waals surface area (Å²) in [4.78, 5) is 11.7. The monoisotopic (exact) mass is 272 g/mol. The summed E-state index contributed by atoms with van der Waals surface area (Å²) in [6, 6.07) is 9.63. The highest BCUT2D eigenvalue weighted by atomic mass is 16.5. The lowest BCUT2D eigenvalue weighted by Crippen LogP contribution is -2.04. The Kier molecular flexibility index (Phi) is 7.41. The molecule has 0 unspecified atom stereocenters. The Labute approximate surface area is 122 Å². The molecular formula is C18H24O2. The maximum Gasteiger partial charge on any atom is 0.315 e. The Bertz CT molecular complexity index is 458. The summed E-state index contributed by atoms with van der Waals surface area (Å²) < 4.78 is 5.17. The molecule has 0 aliphatic heterocycles. The fourth-order valence-corrected chi connectivity index (χ4v) is 1.86. The lowest BCUT2D eigenvalue weighted by Gasteiger charge is -2.03. The SMILES string of the molecule is C=C(C)CCCC/C(C)=C/OC(=O)Cc1ccccc1. The Hall–Kier alpha value is -1.83. The minimum atomic E-state index is -0.211. The number of hydrogen-bond donors (Lipinski definition) is 0. The highest BCUT2D eigenvalue weighted by Gasteiger charge is 2.03. The number of hydrogen-bond acceptors (Lipinski definition) is 2. The Morgan fingerprint density at radius 1 is 1.15 bits per heavy atom. The van der Waals surface area contributed by atoms with Gasteiger partial charge in [-0.2, -0.15) is 0 Å². The van der Waals surface area contributed by atoms with Gasteiger partial charge in [-0.05, 0) is 50.7 Å². The number of carbonyl (C=O) groups is 1. The zero-order valence-corrected chi connectivity index (χ0v) is 12.5. The maximum absolute atomic E-state index is 11.7. The second kappa shape index (κ2) is 9.13. The minimum Gasteiger partial charge on any atom is -0.434 e. The summed E-state index contributed by atoms with van der Waals surface area (Å²) in [5, 5.41) is 0. The van der Waals surface area contributed by atoms with Crippen LogP contribution in [0.25, 0.3) is 0 Å². The molecule has 0 aromatic heterocycles. The molecule has 1 rings (SSSR count). The van der Waals surface area contributed by atoms with Crippen LogP contribution in [-0.2, 0) is 16.0 Å². The molecule has 1 aromatic rings. The number of unbranched alkanes of at least 4 members (excludes halogenated alkanes) is 1. The summed E-state index contributed by atoms with van der Waals surface area (Å²) >= 11 is 0. The zero-order valence-electron chi connectivity index (χ0n) is 12.5. The van der Waals surface area contributed by atoms with Crippen LogP contribution in [0.1, 0.15) is 45.1 Å². The molecular weight excluding hydrogens is 248 g/mol. The predicted octanol–water partition coefficient (Wildman–Crippen LogP) is 4.81. The lowest BCUT2D eigenvalue weighted by molar-refractivity contribution is -0.137. The third kappa shape index (κ3) is 7.57. The van der Waals surface area contributed by atoms with Crippen molar-refractivity contribution in [3.05, 3.63) is 59.9 Å². The molecule has 0 aliphatic carbocycles. The van der Waals surface area contributed by atoms with Gasteiger partial charge in [-0.15, -0.1) is 6.58 Å². The normalized spacial score (nSPS) is 11.2. The lowest BCUT2D eigenvalue weighted by atomic mass is 10.1. The van der Waals surface area contributed by atoms with E-state index in [-0.39, 0.29) is 5.97 Å². The molecule has 20 heavy (non-hydrogen) atoms. The van der Waals surface area contributed by atoms with Crippen LogP contribution >= 0.6 is 0 Å². The third-order valence-electron chi connectivity index (χ3n) is 3.01. The molecule has 1 aromatic carbocycles. The first-order chi connectivity index (χ1) is 9.58. The van der Waals surface area contributed by atoms with Crippen LogP contribution in [0.5, 0.6) is 0 Å². The number of rotatable bonds is 8. The molecule has 2 nitrogen and oxygen atoms in total. The van der Waals surface area contributed by atoms with E-state index < -0.39 is 0 Å². The van der Waals surface area contributed by atoms with E-state index in [9.17, 15) is 4.79 Å². The van der Waals surface area contributed by atoms with Crippen molar-refractivity contribution >= 4 is 5.97 Å². The molecule has 0 heterocycles. The van der Waals surface area contributed by atoms with Crippen LogP contribution in [0.3, 0.4) is 0 Å². The first-order valence-electron chi connectivity index (χ1n) is 7.11. The summed E-state index contributed by atoms with van der Waals surface area (Å²) in [6.07, 6.45) is 6.18. The fraction of sp³-hybridized carbons (Fsp3) is 0.389. The summed E-state index contributed by atoms with van der Waals surface area (Å²) in [6.45, 7) is 7.93. The van der Waals surface area contributed by atoms with Gasteiger partial charge in [0, 0.05) is 0 Å². The van der Waals surface area contributed by atoms with Crippen LogP contribution in [0.2, 0.25) is 0 Å². The van der Waals surface area contributed by atoms with E-state index >= 15 is 0 Å². The Morgan fingerprint density at radius 3 is 2.45 bits per heavy atom. The quantitative estimate of drug-likeness (QED) is 0.294. The van der Waals surface area contributed by atoms with Crippen molar-refractivity contribution in [3.8, 4) is 0 Å². The maximum atomic E-state index is 11.7.